The van der Waals surface area contributed by atoms with Gasteiger partial charge in [-0.3, -0.25) is 0 Å². The van der Waals surface area contributed by atoms with E-state index in [4.69, 9.17) is 0 Å². The van der Waals surface area contributed by atoms with Crippen LogP contribution in [0.1, 0.15) is 93.1 Å². The van der Waals surface area contributed by atoms with E-state index in [1.165, 1.54) is 154 Å². The first-order chi connectivity index (χ1) is 37.1. The van der Waals surface area contributed by atoms with Crippen LogP contribution in [0.25, 0.3) is 66.1 Å². The lowest BCUT2D eigenvalue weighted by Gasteiger charge is -2.30. The van der Waals surface area contributed by atoms with Crippen LogP contribution in [0.2, 0.25) is 0 Å². The summed E-state index contributed by atoms with van der Waals surface area (Å²) < 4.78 is 0. The summed E-state index contributed by atoms with van der Waals surface area (Å²) in [7, 11) is -1.79. The predicted molar refractivity (Wildman–Crippen MR) is 336 cm³/mol. The molecule has 1 heteroatoms. The summed E-state index contributed by atoms with van der Waals surface area (Å²) in [6.07, 6.45) is 1.52. The van der Waals surface area contributed by atoms with Crippen LogP contribution in [-0.4, -0.2) is 8.80 Å². The molecule has 0 aliphatic heterocycles. The lowest BCUT2D eigenvalue weighted by molar-refractivity contribution is 0.589. The summed E-state index contributed by atoms with van der Waals surface area (Å²) in [6.45, 7) is 25.6. The molecule has 0 atom stereocenters. The van der Waals surface area contributed by atoms with Gasteiger partial charge >= 0.3 is 0 Å². The van der Waals surface area contributed by atoms with Gasteiger partial charge in [0.1, 0.15) is 0 Å². The molecule has 11 rings (SSSR count). The molecule has 0 saturated heterocycles. The Bertz CT molecular complexity index is 3590. The molecule has 0 amide bonds. The Hall–Kier alpha value is -7.84. The molecule has 11 aromatic rings. The predicted octanol–water partition coefficient (Wildman–Crippen LogP) is 18.1. The molecule has 0 aliphatic rings. The standard InChI is InChI=1S/C76H71Si/c1-48-22-16-23-49(2)71(48)65-34-20-35-66(72-50(3)24-17-25-51(72)4)69(65)46-60-42-62(76(9,10)11)43-61(47-70-67(73-52(5)26-18-27-53(73)6)36-21-37-68(70)74-54(7)28-19-29-55(74)8)75(60)77(63-40-38-56-30-12-14-32-58(56)44-63)64-41-39-57-31-13-15-33-59(57)45-64/h12-45H,46-47H2,1-11H3. The first-order valence-corrected chi connectivity index (χ1v) is 29.2. The topological polar surface area (TPSA) is 0 Å². The molecule has 0 spiro atoms. The fourth-order valence-corrected chi connectivity index (χ4v) is 15.7. The average molecular weight is 1010 g/mol. The lowest BCUT2D eigenvalue weighted by Crippen LogP contribution is -2.54. The Kier molecular flexibility index (Phi) is 13.9. The van der Waals surface area contributed by atoms with Crippen LogP contribution in [0.5, 0.6) is 0 Å². The molecule has 0 heterocycles. The molecular weight excluding hydrogens is 941 g/mol. The molecule has 0 aromatic heterocycles. The third-order valence-corrected chi connectivity index (χ3v) is 19.5. The first-order valence-electron chi connectivity index (χ1n) is 27.7. The molecule has 0 fully saturated rings. The van der Waals surface area contributed by atoms with Crippen LogP contribution in [-0.2, 0) is 18.3 Å². The maximum Gasteiger partial charge on any atom is 0.155 e. The highest BCUT2D eigenvalue weighted by atomic mass is 28.3. The normalized spacial score (nSPS) is 11.8. The van der Waals surface area contributed by atoms with Crippen molar-refractivity contribution in [3.63, 3.8) is 0 Å². The average Bonchev–Trinajstić information content (AvgIpc) is 3.56. The molecule has 0 unspecified atom stereocenters. The minimum absolute atomic E-state index is 0.149. The van der Waals surface area contributed by atoms with Gasteiger partial charge in [-0.15, -0.1) is 0 Å². The third-order valence-electron chi connectivity index (χ3n) is 16.6. The number of hydrogen-bond donors (Lipinski definition) is 0. The van der Waals surface area contributed by atoms with Crippen molar-refractivity contribution in [2.24, 2.45) is 0 Å². The van der Waals surface area contributed by atoms with Crippen molar-refractivity contribution in [2.75, 3.05) is 0 Å². The van der Waals surface area contributed by atoms with E-state index in [9.17, 15) is 0 Å². The van der Waals surface area contributed by atoms with E-state index in [1.807, 2.05) is 0 Å². The van der Waals surface area contributed by atoms with Crippen LogP contribution in [0.15, 0.2) is 206 Å². The maximum absolute atomic E-state index is 2.64. The second-order valence-corrected chi connectivity index (χ2v) is 25.4. The summed E-state index contributed by atoms with van der Waals surface area (Å²) in [5.41, 5.74) is 27.8. The Morgan fingerprint density at radius 2 is 0.584 bits per heavy atom. The maximum atomic E-state index is 2.64. The quantitative estimate of drug-likeness (QED) is 0.0895. The van der Waals surface area contributed by atoms with Crippen LogP contribution < -0.4 is 15.6 Å². The van der Waals surface area contributed by atoms with Crippen molar-refractivity contribution in [3.8, 4) is 44.5 Å². The zero-order valence-electron chi connectivity index (χ0n) is 47.0. The van der Waals surface area contributed by atoms with Crippen molar-refractivity contribution in [2.45, 2.75) is 94.4 Å². The molecule has 0 N–H and O–H groups in total. The monoisotopic (exact) mass is 1010 g/mol. The van der Waals surface area contributed by atoms with Gasteiger partial charge in [-0.05, 0) is 228 Å². The minimum atomic E-state index is -1.79. The van der Waals surface area contributed by atoms with E-state index < -0.39 is 8.80 Å². The second kappa shape index (κ2) is 20.9. The molecule has 77 heavy (non-hydrogen) atoms. The van der Waals surface area contributed by atoms with Crippen LogP contribution in [0.4, 0.5) is 0 Å². The number of benzene rings is 11. The van der Waals surface area contributed by atoms with E-state index in [-0.39, 0.29) is 5.41 Å². The van der Waals surface area contributed by atoms with Crippen molar-refractivity contribution in [1.29, 1.82) is 0 Å². The van der Waals surface area contributed by atoms with Gasteiger partial charge in [-0.2, -0.15) is 0 Å². The fourth-order valence-electron chi connectivity index (χ4n) is 12.8. The van der Waals surface area contributed by atoms with Crippen molar-refractivity contribution in [3.05, 3.63) is 279 Å². The molecule has 0 saturated carbocycles. The molecule has 379 valence electrons. The van der Waals surface area contributed by atoms with E-state index >= 15 is 0 Å². The van der Waals surface area contributed by atoms with Gasteiger partial charge in [0.05, 0.1) is 0 Å². The van der Waals surface area contributed by atoms with Gasteiger partial charge in [-0.25, -0.2) is 0 Å². The zero-order chi connectivity index (χ0) is 53.7. The Balaban J connectivity index is 1.31. The Morgan fingerprint density at radius 3 is 0.883 bits per heavy atom. The Morgan fingerprint density at radius 1 is 0.299 bits per heavy atom. The van der Waals surface area contributed by atoms with Crippen molar-refractivity contribution >= 4 is 45.9 Å². The lowest BCUT2D eigenvalue weighted by atomic mass is 9.79. The van der Waals surface area contributed by atoms with Gasteiger partial charge in [0, 0.05) is 0 Å². The molecular formula is C76H71Si. The van der Waals surface area contributed by atoms with E-state index in [1.54, 1.807) is 0 Å². The summed E-state index contributed by atoms with van der Waals surface area (Å²) in [5.74, 6) is 0. The fraction of sp³-hybridized carbons (Fsp3) is 0.184. The summed E-state index contributed by atoms with van der Waals surface area (Å²) >= 11 is 0. The third kappa shape index (κ3) is 9.84. The van der Waals surface area contributed by atoms with Gasteiger partial charge in [-0.1, -0.05) is 227 Å². The molecule has 0 aliphatic carbocycles. The van der Waals surface area contributed by atoms with Crippen molar-refractivity contribution in [1.82, 2.24) is 0 Å². The smallest absolute Gasteiger partial charge is 0.0618 e. The minimum Gasteiger partial charge on any atom is -0.0618 e. The molecule has 0 bridgehead atoms. The van der Waals surface area contributed by atoms with Gasteiger partial charge in [0.15, 0.2) is 8.80 Å². The SMILES string of the molecule is Cc1cccc(C)c1-c1cccc(-c2c(C)cccc2C)c1Cc1cc(C(C)(C)C)cc(Cc2c(-c3c(C)cccc3C)cccc2-c2c(C)cccc2C)c1[Si](c1ccc2ccccc2c1)c1ccc2ccccc2c1. The largest absolute Gasteiger partial charge is 0.155 e. The van der Waals surface area contributed by atoms with Crippen LogP contribution in [0.3, 0.4) is 0 Å². The van der Waals surface area contributed by atoms with Crippen LogP contribution in [0, 0.1) is 55.4 Å². The molecule has 11 aromatic carbocycles. The summed E-state index contributed by atoms with van der Waals surface area (Å²) in [6, 6.07) is 79.4. The Labute approximate surface area is 460 Å². The summed E-state index contributed by atoms with van der Waals surface area (Å²) in [4.78, 5) is 0. The van der Waals surface area contributed by atoms with E-state index in [0.717, 1.165) is 12.8 Å². The number of fused-ring (bicyclic) bond motifs is 2. The van der Waals surface area contributed by atoms with Crippen molar-refractivity contribution < 1.29 is 0 Å². The molecule has 1 radical (unpaired) electrons. The van der Waals surface area contributed by atoms with Gasteiger partial charge < -0.3 is 0 Å². The van der Waals surface area contributed by atoms with E-state index in [0.29, 0.717) is 0 Å². The van der Waals surface area contributed by atoms with Crippen LogP contribution >= 0.6 is 0 Å². The number of hydrogen-bond acceptors (Lipinski definition) is 0. The summed E-state index contributed by atoms with van der Waals surface area (Å²) in [5, 5.41) is 9.36. The number of rotatable bonds is 11. The van der Waals surface area contributed by atoms with Gasteiger partial charge in [0.25, 0.3) is 0 Å². The van der Waals surface area contributed by atoms with E-state index in [2.05, 4.69) is 282 Å². The highest BCUT2D eigenvalue weighted by molar-refractivity contribution is 6.96. The molecule has 0 nitrogen and oxygen atoms in total. The highest BCUT2D eigenvalue weighted by Gasteiger charge is 2.31. The zero-order valence-corrected chi connectivity index (χ0v) is 48.0. The highest BCUT2D eigenvalue weighted by Crippen LogP contribution is 2.43. The van der Waals surface area contributed by atoms with Gasteiger partial charge in [0.2, 0.25) is 0 Å². The first kappa shape index (κ1) is 51.3. The second-order valence-electron chi connectivity index (χ2n) is 23.0. The number of aryl methyl sites for hydroxylation is 8.